The van der Waals surface area contributed by atoms with Crippen LogP contribution in [0.15, 0.2) is 29.3 Å². The Morgan fingerprint density at radius 2 is 1.81 bits per heavy atom. The van der Waals surface area contributed by atoms with Gasteiger partial charge in [-0.25, -0.2) is 4.98 Å². The number of ether oxygens (including phenoxy) is 2. The number of hydrogen-bond acceptors (Lipinski definition) is 4. The Balaban J connectivity index is 1.61. The van der Waals surface area contributed by atoms with Gasteiger partial charge in [-0.15, -0.1) is 0 Å². The van der Waals surface area contributed by atoms with Crippen molar-refractivity contribution in [3.8, 4) is 0 Å². The number of nitrogens with one attached hydrogen (secondary N) is 2. The molecular weight excluding hydrogens is 342 g/mol. The quantitative estimate of drug-likeness (QED) is 0.338. The second-order valence-electron chi connectivity index (χ2n) is 6.30. The standard InChI is InChI=1S/C20H33N5O2/c1-4-5-13-26-15-16-27-14-11-23-20(21-3)22-10-12-25-17(2)24-18-8-6-7-9-19(18)25/h6-9H,4-5,10-16H2,1-3H3,(H2,21,22,23). The summed E-state index contributed by atoms with van der Waals surface area (Å²) in [6.07, 6.45) is 2.27. The first-order valence-electron chi connectivity index (χ1n) is 9.78. The van der Waals surface area contributed by atoms with Crippen molar-refractivity contribution in [3.05, 3.63) is 30.1 Å². The van der Waals surface area contributed by atoms with E-state index in [2.05, 4.69) is 38.2 Å². The molecule has 27 heavy (non-hydrogen) atoms. The van der Waals surface area contributed by atoms with Crippen molar-refractivity contribution in [1.82, 2.24) is 20.2 Å². The zero-order chi connectivity index (χ0) is 19.3. The molecule has 0 unspecified atom stereocenters. The van der Waals surface area contributed by atoms with E-state index in [4.69, 9.17) is 9.47 Å². The van der Waals surface area contributed by atoms with Crippen molar-refractivity contribution in [2.45, 2.75) is 33.2 Å². The molecule has 0 spiro atoms. The van der Waals surface area contributed by atoms with Gasteiger partial charge in [-0.05, 0) is 25.5 Å². The molecule has 0 saturated heterocycles. The highest BCUT2D eigenvalue weighted by Crippen LogP contribution is 2.14. The molecule has 0 radical (unpaired) electrons. The molecular formula is C20H33N5O2. The molecule has 0 bridgehead atoms. The number of aromatic nitrogens is 2. The van der Waals surface area contributed by atoms with Crippen LogP contribution in [0, 0.1) is 6.92 Å². The number of aryl methyl sites for hydroxylation is 1. The highest BCUT2D eigenvalue weighted by Gasteiger charge is 2.06. The summed E-state index contributed by atoms with van der Waals surface area (Å²) in [6.45, 7) is 9.24. The number of hydrogen-bond donors (Lipinski definition) is 2. The van der Waals surface area contributed by atoms with Crippen molar-refractivity contribution >= 4 is 17.0 Å². The van der Waals surface area contributed by atoms with Crippen LogP contribution in [0.4, 0.5) is 0 Å². The van der Waals surface area contributed by atoms with E-state index in [0.29, 0.717) is 26.4 Å². The van der Waals surface area contributed by atoms with E-state index >= 15 is 0 Å². The van der Waals surface area contributed by atoms with E-state index in [0.717, 1.165) is 55.4 Å². The molecule has 1 aromatic heterocycles. The lowest BCUT2D eigenvalue weighted by molar-refractivity contribution is 0.0487. The van der Waals surface area contributed by atoms with Crippen molar-refractivity contribution < 1.29 is 9.47 Å². The molecule has 0 aliphatic carbocycles. The molecule has 0 amide bonds. The van der Waals surface area contributed by atoms with Gasteiger partial charge in [-0.2, -0.15) is 0 Å². The van der Waals surface area contributed by atoms with Gasteiger partial charge in [0.15, 0.2) is 5.96 Å². The fraction of sp³-hybridized carbons (Fsp3) is 0.600. The Hall–Kier alpha value is -2.12. The predicted molar refractivity (Wildman–Crippen MR) is 110 cm³/mol. The number of aliphatic imine (C=N–C) groups is 1. The van der Waals surface area contributed by atoms with Crippen LogP contribution in [0.1, 0.15) is 25.6 Å². The van der Waals surface area contributed by atoms with Gasteiger partial charge in [0, 0.05) is 33.3 Å². The van der Waals surface area contributed by atoms with Gasteiger partial charge in [0.25, 0.3) is 0 Å². The molecule has 0 aliphatic rings. The van der Waals surface area contributed by atoms with E-state index in [1.54, 1.807) is 7.05 Å². The topological polar surface area (TPSA) is 72.7 Å². The maximum atomic E-state index is 5.55. The summed E-state index contributed by atoms with van der Waals surface area (Å²) >= 11 is 0. The summed E-state index contributed by atoms with van der Waals surface area (Å²) in [5.74, 6) is 1.80. The van der Waals surface area contributed by atoms with Crippen LogP contribution in [0.25, 0.3) is 11.0 Å². The maximum Gasteiger partial charge on any atom is 0.191 e. The first-order valence-corrected chi connectivity index (χ1v) is 9.78. The van der Waals surface area contributed by atoms with E-state index in [1.807, 2.05) is 25.1 Å². The normalized spacial score (nSPS) is 11.9. The average Bonchev–Trinajstić information content (AvgIpc) is 3.00. The zero-order valence-corrected chi connectivity index (χ0v) is 16.8. The molecule has 7 heteroatoms. The highest BCUT2D eigenvalue weighted by molar-refractivity contribution is 5.79. The van der Waals surface area contributed by atoms with Gasteiger partial charge in [0.2, 0.25) is 0 Å². The number of fused-ring (bicyclic) bond motifs is 1. The molecule has 2 N–H and O–H groups in total. The van der Waals surface area contributed by atoms with Crippen LogP contribution in [0.2, 0.25) is 0 Å². The predicted octanol–water partition coefficient (Wildman–Crippen LogP) is 2.34. The lowest BCUT2D eigenvalue weighted by atomic mass is 10.3. The third-order valence-corrected chi connectivity index (χ3v) is 4.25. The van der Waals surface area contributed by atoms with Gasteiger partial charge in [0.1, 0.15) is 5.82 Å². The number of benzene rings is 1. The second-order valence-corrected chi connectivity index (χ2v) is 6.30. The molecule has 7 nitrogen and oxygen atoms in total. The van der Waals surface area contributed by atoms with Crippen molar-refractivity contribution in [1.29, 1.82) is 0 Å². The van der Waals surface area contributed by atoms with E-state index in [1.165, 1.54) is 0 Å². The lowest BCUT2D eigenvalue weighted by Crippen LogP contribution is -2.40. The molecule has 2 aromatic rings. The minimum Gasteiger partial charge on any atom is -0.379 e. The van der Waals surface area contributed by atoms with Gasteiger partial charge < -0.3 is 24.7 Å². The second kappa shape index (κ2) is 12.3. The van der Waals surface area contributed by atoms with Crippen LogP contribution in [0.5, 0.6) is 0 Å². The summed E-state index contributed by atoms with van der Waals surface area (Å²) < 4.78 is 13.2. The van der Waals surface area contributed by atoms with Gasteiger partial charge in [-0.1, -0.05) is 25.5 Å². The zero-order valence-electron chi connectivity index (χ0n) is 16.8. The van der Waals surface area contributed by atoms with E-state index in [-0.39, 0.29) is 0 Å². The SMILES string of the molecule is CCCCOCCOCCNC(=NC)NCCn1c(C)nc2ccccc21. The number of rotatable bonds is 12. The number of nitrogens with zero attached hydrogens (tertiary/aromatic N) is 3. The summed E-state index contributed by atoms with van der Waals surface area (Å²) in [4.78, 5) is 8.84. The minimum absolute atomic E-state index is 0.628. The number of unbranched alkanes of at least 4 members (excludes halogenated alkanes) is 1. The summed E-state index contributed by atoms with van der Waals surface area (Å²) in [6, 6.07) is 8.21. The summed E-state index contributed by atoms with van der Waals surface area (Å²) in [5.41, 5.74) is 2.20. The van der Waals surface area contributed by atoms with Crippen LogP contribution < -0.4 is 10.6 Å². The third-order valence-electron chi connectivity index (χ3n) is 4.25. The molecule has 1 aromatic carbocycles. The summed E-state index contributed by atoms with van der Waals surface area (Å²) in [5, 5.41) is 6.60. The van der Waals surface area contributed by atoms with Crippen molar-refractivity contribution in [2.24, 2.45) is 4.99 Å². The maximum absolute atomic E-state index is 5.55. The number of imidazole rings is 1. The minimum atomic E-state index is 0.628. The molecule has 150 valence electrons. The Kier molecular flexibility index (Phi) is 9.65. The largest absolute Gasteiger partial charge is 0.379 e. The smallest absolute Gasteiger partial charge is 0.191 e. The lowest BCUT2D eigenvalue weighted by Gasteiger charge is -2.13. The third kappa shape index (κ3) is 7.19. The first-order chi connectivity index (χ1) is 13.3. The Labute approximate surface area is 162 Å². The van der Waals surface area contributed by atoms with Gasteiger partial charge >= 0.3 is 0 Å². The molecule has 2 rings (SSSR count). The van der Waals surface area contributed by atoms with E-state index in [9.17, 15) is 0 Å². The average molecular weight is 376 g/mol. The van der Waals surface area contributed by atoms with Gasteiger partial charge in [0.05, 0.1) is 30.9 Å². The van der Waals surface area contributed by atoms with Gasteiger partial charge in [-0.3, -0.25) is 4.99 Å². The molecule has 0 aliphatic heterocycles. The van der Waals surface area contributed by atoms with Crippen molar-refractivity contribution in [2.75, 3.05) is 46.6 Å². The Bertz CT molecular complexity index is 699. The highest BCUT2D eigenvalue weighted by atomic mass is 16.5. The van der Waals surface area contributed by atoms with Crippen LogP contribution in [-0.4, -0.2) is 62.1 Å². The monoisotopic (exact) mass is 375 g/mol. The molecule has 1 heterocycles. The summed E-state index contributed by atoms with van der Waals surface area (Å²) in [7, 11) is 1.77. The number of guanidine groups is 1. The van der Waals surface area contributed by atoms with E-state index < -0.39 is 0 Å². The molecule has 0 atom stereocenters. The Morgan fingerprint density at radius 3 is 2.59 bits per heavy atom. The molecule has 0 fully saturated rings. The molecule has 0 saturated carbocycles. The number of para-hydroxylation sites is 2. The van der Waals surface area contributed by atoms with Crippen molar-refractivity contribution in [3.63, 3.8) is 0 Å². The fourth-order valence-corrected chi connectivity index (χ4v) is 2.79. The Morgan fingerprint density at radius 1 is 1.07 bits per heavy atom. The first kappa shape index (κ1) is 21.2. The van der Waals surface area contributed by atoms with Crippen LogP contribution in [0.3, 0.4) is 0 Å². The van der Waals surface area contributed by atoms with Crippen LogP contribution >= 0.6 is 0 Å². The van der Waals surface area contributed by atoms with Crippen LogP contribution in [-0.2, 0) is 16.0 Å². The fourth-order valence-electron chi connectivity index (χ4n) is 2.79.